The zero-order valence-corrected chi connectivity index (χ0v) is 24.3. The van der Waals surface area contributed by atoms with E-state index in [9.17, 15) is 9.81 Å². The number of nitrogens with one attached hydrogen (secondary N) is 1. The van der Waals surface area contributed by atoms with Crippen molar-refractivity contribution in [2.45, 2.75) is 50.8 Å². The average Bonchev–Trinajstić information content (AvgIpc) is 2.92. The molecule has 1 saturated heterocycles. The van der Waals surface area contributed by atoms with E-state index in [-0.39, 0.29) is 18.0 Å². The number of rotatable bonds is 10. The quantitative estimate of drug-likeness (QED) is 0.112. The number of hydrogen-bond acceptors (Lipinski definition) is 6. The summed E-state index contributed by atoms with van der Waals surface area (Å²) in [6.07, 6.45) is 5.71. The second kappa shape index (κ2) is 14.1. The highest BCUT2D eigenvalue weighted by molar-refractivity contribution is 7.90. The zero-order valence-electron chi connectivity index (χ0n) is 22.0. The van der Waals surface area contributed by atoms with Crippen LogP contribution in [0.25, 0.3) is 0 Å². The lowest BCUT2D eigenvalue weighted by Crippen LogP contribution is -2.48. The summed E-state index contributed by atoms with van der Waals surface area (Å²) in [7, 11) is 0. The number of piperidine rings is 1. The van der Waals surface area contributed by atoms with Gasteiger partial charge in [-0.25, -0.2) is 0 Å². The number of hydrogen-bond donors (Lipinski definition) is 1. The van der Waals surface area contributed by atoms with Crippen LogP contribution in [0.4, 0.5) is 0 Å². The van der Waals surface area contributed by atoms with Gasteiger partial charge in [0.15, 0.2) is 0 Å². The van der Waals surface area contributed by atoms with Crippen molar-refractivity contribution in [1.29, 1.82) is 5.26 Å². The summed E-state index contributed by atoms with van der Waals surface area (Å²) in [6.45, 7) is 11.2. The first kappa shape index (κ1) is 30.1. The summed E-state index contributed by atoms with van der Waals surface area (Å²) in [5.74, 6) is 1.27. The summed E-state index contributed by atoms with van der Waals surface area (Å²) in [6, 6.07) is 12.7. The van der Waals surface area contributed by atoms with Gasteiger partial charge in [0, 0.05) is 36.1 Å². The lowest BCUT2D eigenvalue weighted by molar-refractivity contribution is 0.207. The summed E-state index contributed by atoms with van der Waals surface area (Å²) < 4.78 is 28.3. The fourth-order valence-electron chi connectivity index (χ4n) is 4.10. The lowest BCUT2D eigenvalue weighted by Gasteiger charge is -2.38. The third kappa shape index (κ3) is 7.81. The van der Waals surface area contributed by atoms with Crippen LogP contribution in [0.15, 0.2) is 60.1 Å². The molecule has 0 amide bonds. The fourth-order valence-corrected chi connectivity index (χ4v) is 5.56. The SMILES string of the molecule is C=CCOc1cc(Cl)c(Cl)cc1[C@H](N[S+]([O-])C(C)(C)CC)C1CCN(C(=NC#N)Oc2ccccc2)CC1. The molecule has 1 unspecified atom stereocenters. The van der Waals surface area contributed by atoms with Gasteiger partial charge in [0.25, 0.3) is 0 Å². The minimum atomic E-state index is -1.34. The molecule has 3 rings (SSSR count). The van der Waals surface area contributed by atoms with E-state index < -0.39 is 16.1 Å². The van der Waals surface area contributed by atoms with E-state index in [1.165, 1.54) is 0 Å². The van der Waals surface area contributed by atoms with Crippen LogP contribution in [-0.2, 0) is 11.4 Å². The second-order valence-electron chi connectivity index (χ2n) is 9.62. The van der Waals surface area contributed by atoms with Gasteiger partial charge in [-0.2, -0.15) is 5.26 Å². The number of benzene rings is 2. The van der Waals surface area contributed by atoms with E-state index in [1.54, 1.807) is 18.2 Å². The molecule has 1 aliphatic rings. The highest BCUT2D eigenvalue weighted by atomic mass is 35.5. The molecular weight excluding hydrogens is 543 g/mol. The van der Waals surface area contributed by atoms with E-state index in [1.807, 2.05) is 62.2 Å². The Morgan fingerprint density at radius 1 is 1.29 bits per heavy atom. The van der Waals surface area contributed by atoms with Gasteiger partial charge in [0.1, 0.15) is 22.9 Å². The highest BCUT2D eigenvalue weighted by Crippen LogP contribution is 2.41. The molecule has 1 aliphatic heterocycles. The number of amidine groups is 1. The second-order valence-corrected chi connectivity index (χ2v) is 12.3. The van der Waals surface area contributed by atoms with Gasteiger partial charge in [-0.05, 0) is 57.2 Å². The van der Waals surface area contributed by atoms with Gasteiger partial charge in [0.2, 0.25) is 6.19 Å². The van der Waals surface area contributed by atoms with Gasteiger partial charge in [-0.1, -0.05) is 61.0 Å². The summed E-state index contributed by atoms with van der Waals surface area (Å²) in [4.78, 5) is 5.89. The Labute approximate surface area is 238 Å². The molecule has 38 heavy (non-hydrogen) atoms. The van der Waals surface area contributed by atoms with Gasteiger partial charge >= 0.3 is 6.02 Å². The summed E-state index contributed by atoms with van der Waals surface area (Å²) >= 11 is 11.4. The van der Waals surface area contributed by atoms with Crippen molar-refractivity contribution in [3.8, 4) is 17.7 Å². The van der Waals surface area contributed by atoms with Gasteiger partial charge < -0.3 is 18.9 Å². The normalized spacial score (nSPS) is 16.4. The maximum atomic E-state index is 13.5. The van der Waals surface area contributed by atoms with Crippen LogP contribution in [0.1, 0.15) is 51.6 Å². The molecule has 1 heterocycles. The first-order chi connectivity index (χ1) is 18.2. The Balaban J connectivity index is 1.88. The van der Waals surface area contributed by atoms with Crippen molar-refractivity contribution >= 4 is 40.6 Å². The molecule has 10 heteroatoms. The highest BCUT2D eigenvalue weighted by Gasteiger charge is 2.38. The third-order valence-corrected chi connectivity index (χ3v) is 9.19. The predicted octanol–water partition coefficient (Wildman–Crippen LogP) is 6.67. The molecule has 1 N–H and O–H groups in total. The van der Waals surface area contributed by atoms with Crippen molar-refractivity contribution < 1.29 is 14.0 Å². The van der Waals surface area contributed by atoms with Crippen LogP contribution >= 0.6 is 23.2 Å². The molecule has 2 atom stereocenters. The topological polar surface area (TPSA) is 92.9 Å². The van der Waals surface area contributed by atoms with E-state index in [0.29, 0.717) is 41.2 Å². The first-order valence-electron chi connectivity index (χ1n) is 12.6. The molecule has 1 fully saturated rings. The van der Waals surface area contributed by atoms with E-state index in [0.717, 1.165) is 24.8 Å². The molecule has 2 aromatic rings. The molecule has 2 aromatic carbocycles. The summed E-state index contributed by atoms with van der Waals surface area (Å²) in [5.41, 5.74) is 0.798. The number of nitrogens with zero attached hydrogens (tertiary/aromatic N) is 3. The van der Waals surface area contributed by atoms with Crippen LogP contribution < -0.4 is 14.2 Å². The summed E-state index contributed by atoms with van der Waals surface area (Å²) in [5, 5.41) is 10.0. The Morgan fingerprint density at radius 2 is 1.95 bits per heavy atom. The molecular formula is C28H34Cl2N4O3S. The average molecular weight is 578 g/mol. The molecule has 0 spiro atoms. The predicted molar refractivity (Wildman–Crippen MR) is 155 cm³/mol. The zero-order chi connectivity index (χ0) is 27.7. The smallest absolute Gasteiger partial charge is 0.308 e. The van der Waals surface area contributed by atoms with Crippen molar-refractivity contribution in [3.63, 3.8) is 0 Å². The molecule has 204 valence electrons. The van der Waals surface area contributed by atoms with Crippen LogP contribution in [0.3, 0.4) is 0 Å². The van der Waals surface area contributed by atoms with Crippen LogP contribution in [0, 0.1) is 17.4 Å². The van der Waals surface area contributed by atoms with E-state index in [4.69, 9.17) is 32.7 Å². The molecule has 0 bridgehead atoms. The lowest BCUT2D eigenvalue weighted by atomic mass is 9.85. The fraction of sp³-hybridized carbons (Fsp3) is 0.429. The Bertz CT molecular complexity index is 1150. The van der Waals surface area contributed by atoms with E-state index >= 15 is 0 Å². The van der Waals surface area contributed by atoms with Crippen LogP contribution in [0.5, 0.6) is 11.5 Å². The third-order valence-electron chi connectivity index (χ3n) is 6.71. The van der Waals surface area contributed by atoms with Crippen molar-refractivity contribution in [1.82, 2.24) is 9.62 Å². The maximum absolute atomic E-state index is 13.5. The van der Waals surface area contributed by atoms with Crippen LogP contribution in [0.2, 0.25) is 10.0 Å². The molecule has 7 nitrogen and oxygen atoms in total. The minimum absolute atomic E-state index is 0.0891. The molecule has 0 aromatic heterocycles. The van der Waals surface area contributed by atoms with Crippen LogP contribution in [-0.4, -0.2) is 39.9 Å². The van der Waals surface area contributed by atoms with Crippen molar-refractivity contribution in [2.75, 3.05) is 19.7 Å². The number of likely N-dealkylation sites (tertiary alicyclic amines) is 1. The number of para-hydroxylation sites is 1. The number of halogens is 2. The molecule has 0 saturated carbocycles. The molecule has 0 aliphatic carbocycles. The Hall–Kier alpha value is -2.41. The number of aliphatic imine (C=N–C) groups is 1. The largest absolute Gasteiger partial charge is 0.598 e. The first-order valence-corrected chi connectivity index (χ1v) is 14.5. The van der Waals surface area contributed by atoms with Gasteiger partial charge in [-0.3, -0.25) is 0 Å². The Morgan fingerprint density at radius 3 is 2.55 bits per heavy atom. The number of nitriles is 1. The van der Waals surface area contributed by atoms with E-state index in [2.05, 4.69) is 16.3 Å². The van der Waals surface area contributed by atoms with Crippen molar-refractivity contribution in [2.24, 2.45) is 10.9 Å². The standard InChI is InChI=1S/C28H34Cl2N4O3S/c1-5-16-36-25-18-24(30)23(29)17-22(25)26(33-38(35)28(3,4)6-2)20-12-14-34(15-13-20)27(32-19-31)37-21-10-8-7-9-11-21/h5,7-11,17-18,20,26,33H,1,6,12-16H2,2-4H3/t26-,38?/m1/s1. The number of ether oxygens (including phenoxy) is 2. The van der Waals surface area contributed by atoms with Crippen molar-refractivity contribution in [3.05, 3.63) is 70.7 Å². The Kier molecular flexibility index (Phi) is 11.2. The van der Waals surface area contributed by atoms with Gasteiger partial charge in [0.05, 0.1) is 16.1 Å². The molecule has 0 radical (unpaired) electrons. The van der Waals surface area contributed by atoms with Gasteiger partial charge in [-0.15, -0.1) is 9.71 Å². The maximum Gasteiger partial charge on any atom is 0.308 e. The minimum Gasteiger partial charge on any atom is -0.598 e. The monoisotopic (exact) mass is 576 g/mol.